The Morgan fingerprint density at radius 2 is 1.87 bits per heavy atom. The van der Waals surface area contributed by atoms with Crippen molar-refractivity contribution in [1.82, 2.24) is 24.4 Å². The van der Waals surface area contributed by atoms with Crippen LogP contribution in [0.5, 0.6) is 5.88 Å². The third-order valence-electron chi connectivity index (χ3n) is 7.08. The van der Waals surface area contributed by atoms with E-state index in [4.69, 9.17) is 21.4 Å². The second-order valence-corrected chi connectivity index (χ2v) is 10.1. The van der Waals surface area contributed by atoms with Crippen molar-refractivity contribution in [2.75, 3.05) is 13.2 Å². The number of rotatable bonds is 8. The number of para-hydroxylation sites is 2. The van der Waals surface area contributed by atoms with E-state index in [0.29, 0.717) is 40.3 Å². The van der Waals surface area contributed by atoms with Gasteiger partial charge in [-0.05, 0) is 62.8 Å². The highest BCUT2D eigenvalue weighted by Crippen LogP contribution is 2.28. The molecule has 0 unspecified atom stereocenters. The lowest BCUT2D eigenvalue weighted by molar-refractivity contribution is 0.0919. The fourth-order valence-electron chi connectivity index (χ4n) is 5.12. The van der Waals surface area contributed by atoms with Crippen LogP contribution < -0.4 is 15.7 Å². The van der Waals surface area contributed by atoms with E-state index in [0.717, 1.165) is 36.7 Å². The number of fused-ring (bicyclic) bond motifs is 1. The maximum Gasteiger partial charge on any atom is 0.333 e. The number of amides is 1. The molecule has 1 aromatic carbocycles. The molecule has 0 saturated heterocycles. The van der Waals surface area contributed by atoms with Crippen molar-refractivity contribution in [1.29, 1.82) is 0 Å². The smallest absolute Gasteiger partial charge is 0.333 e. The van der Waals surface area contributed by atoms with E-state index in [1.54, 1.807) is 35.9 Å². The van der Waals surface area contributed by atoms with E-state index in [-0.39, 0.29) is 30.9 Å². The molecule has 1 fully saturated rings. The van der Waals surface area contributed by atoms with Crippen LogP contribution >= 0.6 is 11.6 Å². The normalized spacial score (nSPS) is 17.4. The summed E-state index contributed by atoms with van der Waals surface area (Å²) in [5.41, 5.74) is 3.38. The van der Waals surface area contributed by atoms with Crippen LogP contribution in [0.4, 0.5) is 0 Å². The lowest BCUT2D eigenvalue weighted by Crippen LogP contribution is -2.39. The fraction of sp³-hybridized carbons (Fsp3) is 0.357. The molecule has 1 aliphatic rings. The zero-order valence-electron chi connectivity index (χ0n) is 21.1. The average molecular weight is 536 g/mol. The predicted molar refractivity (Wildman–Crippen MR) is 145 cm³/mol. The van der Waals surface area contributed by atoms with Gasteiger partial charge in [-0.1, -0.05) is 23.7 Å². The number of carbonyl (C=O) groups is 1. The first kappa shape index (κ1) is 25.9. The maximum atomic E-state index is 13.6. The molecule has 38 heavy (non-hydrogen) atoms. The van der Waals surface area contributed by atoms with Gasteiger partial charge in [0.05, 0.1) is 45.8 Å². The van der Waals surface area contributed by atoms with Crippen LogP contribution in [0.2, 0.25) is 5.02 Å². The molecule has 0 aliphatic heterocycles. The first-order valence-corrected chi connectivity index (χ1v) is 13.2. The van der Waals surface area contributed by atoms with Crippen LogP contribution in [0, 0.1) is 12.8 Å². The molecule has 4 aromatic rings. The lowest BCUT2D eigenvalue weighted by Gasteiger charge is -2.29. The summed E-state index contributed by atoms with van der Waals surface area (Å²) in [6.45, 7) is 2.47. The van der Waals surface area contributed by atoms with E-state index in [2.05, 4.69) is 15.3 Å². The van der Waals surface area contributed by atoms with Crippen LogP contribution in [-0.2, 0) is 6.54 Å². The molecular formula is C28H30ClN5O4. The van der Waals surface area contributed by atoms with Crippen LogP contribution in [-0.4, -0.2) is 49.4 Å². The lowest BCUT2D eigenvalue weighted by atomic mass is 9.85. The minimum Gasteiger partial charge on any atom is -0.475 e. The van der Waals surface area contributed by atoms with Crippen molar-refractivity contribution in [3.05, 3.63) is 81.6 Å². The Morgan fingerprint density at radius 3 is 2.58 bits per heavy atom. The highest BCUT2D eigenvalue weighted by Gasteiger charge is 2.25. The number of aromatic nitrogens is 4. The summed E-state index contributed by atoms with van der Waals surface area (Å²) >= 11 is 6.03. The molecule has 198 valence electrons. The fourth-order valence-corrected chi connectivity index (χ4v) is 5.28. The molecule has 3 heterocycles. The minimum absolute atomic E-state index is 0.0767. The molecule has 1 aliphatic carbocycles. The number of benzene rings is 1. The number of ether oxygens (including phenoxy) is 1. The zero-order valence-corrected chi connectivity index (χ0v) is 21.9. The van der Waals surface area contributed by atoms with Gasteiger partial charge >= 0.3 is 5.69 Å². The third-order valence-corrected chi connectivity index (χ3v) is 7.28. The van der Waals surface area contributed by atoms with E-state index in [1.165, 1.54) is 6.20 Å². The average Bonchev–Trinajstić information content (AvgIpc) is 3.21. The Hall–Kier alpha value is -3.69. The summed E-state index contributed by atoms with van der Waals surface area (Å²) in [5, 5.41) is 12.5. The summed E-state index contributed by atoms with van der Waals surface area (Å²) in [5.74, 6) is 0.564. The monoisotopic (exact) mass is 535 g/mol. The number of carbonyl (C=O) groups excluding carboxylic acids is 1. The third kappa shape index (κ3) is 5.44. The molecule has 0 bridgehead atoms. The van der Waals surface area contributed by atoms with Crippen LogP contribution in [0.25, 0.3) is 16.7 Å². The van der Waals surface area contributed by atoms with Crippen molar-refractivity contribution < 1.29 is 14.6 Å². The number of halogens is 1. The summed E-state index contributed by atoms with van der Waals surface area (Å²) < 4.78 is 8.86. The molecule has 2 N–H and O–H groups in total. The van der Waals surface area contributed by atoms with Crippen molar-refractivity contribution in [3.8, 4) is 11.6 Å². The Bertz CT molecular complexity index is 1490. The highest BCUT2D eigenvalue weighted by atomic mass is 35.5. The van der Waals surface area contributed by atoms with Gasteiger partial charge in [0, 0.05) is 24.8 Å². The number of pyridine rings is 2. The molecule has 3 aromatic heterocycles. The van der Waals surface area contributed by atoms with Gasteiger partial charge in [0.1, 0.15) is 6.61 Å². The molecule has 9 nitrogen and oxygen atoms in total. The summed E-state index contributed by atoms with van der Waals surface area (Å²) in [7, 11) is 0. The Morgan fingerprint density at radius 1 is 1.11 bits per heavy atom. The van der Waals surface area contributed by atoms with Gasteiger partial charge < -0.3 is 15.2 Å². The van der Waals surface area contributed by atoms with Crippen LogP contribution in [0.3, 0.4) is 0 Å². The van der Waals surface area contributed by atoms with Crippen molar-refractivity contribution in [3.63, 3.8) is 0 Å². The number of aliphatic hydroxyl groups is 1. The van der Waals surface area contributed by atoms with Gasteiger partial charge in [0.15, 0.2) is 0 Å². The minimum atomic E-state index is -0.151. The van der Waals surface area contributed by atoms with Gasteiger partial charge in [-0.2, -0.15) is 0 Å². The van der Waals surface area contributed by atoms with Gasteiger partial charge in [-0.15, -0.1) is 0 Å². The molecule has 10 heteroatoms. The zero-order chi connectivity index (χ0) is 26.6. The van der Waals surface area contributed by atoms with E-state index in [9.17, 15) is 9.59 Å². The molecule has 0 spiro atoms. The van der Waals surface area contributed by atoms with Crippen LogP contribution in [0.15, 0.2) is 59.7 Å². The predicted octanol–water partition coefficient (Wildman–Crippen LogP) is 3.90. The second kappa shape index (κ2) is 11.4. The topological polar surface area (TPSA) is 111 Å². The second-order valence-electron chi connectivity index (χ2n) is 9.62. The number of hydrogen-bond donors (Lipinski definition) is 2. The van der Waals surface area contributed by atoms with E-state index < -0.39 is 0 Å². The highest BCUT2D eigenvalue weighted by molar-refractivity contribution is 6.30. The number of imidazole rings is 1. The van der Waals surface area contributed by atoms with Gasteiger partial charge in [0.2, 0.25) is 5.88 Å². The number of hydrogen-bond acceptors (Lipinski definition) is 6. The molecule has 0 atom stereocenters. The summed E-state index contributed by atoms with van der Waals surface area (Å²) in [6.07, 6.45) is 6.64. The molecule has 1 saturated carbocycles. The van der Waals surface area contributed by atoms with Crippen molar-refractivity contribution in [2.45, 2.75) is 45.2 Å². The SMILES string of the molecule is Cc1ncc(Cl)cc1C(=O)N[C@H]1CC[C@H](Cn2c(=O)n(-c3ccc(OCCO)nc3)c3ccccc32)CC1. The first-order chi connectivity index (χ1) is 18.4. The van der Waals surface area contributed by atoms with Crippen LogP contribution in [0.1, 0.15) is 41.7 Å². The number of aryl methyl sites for hydroxylation is 1. The Balaban J connectivity index is 1.29. The van der Waals surface area contributed by atoms with Gasteiger partial charge in [-0.3, -0.25) is 18.9 Å². The number of nitrogens with one attached hydrogen (secondary N) is 1. The van der Waals surface area contributed by atoms with Crippen molar-refractivity contribution in [2.24, 2.45) is 5.92 Å². The van der Waals surface area contributed by atoms with Gasteiger partial charge in [0.25, 0.3) is 5.91 Å². The summed E-state index contributed by atoms with van der Waals surface area (Å²) in [6, 6.07) is 13.0. The molecule has 1 amide bonds. The quantitative estimate of drug-likeness (QED) is 0.354. The van der Waals surface area contributed by atoms with Crippen molar-refractivity contribution >= 4 is 28.5 Å². The largest absolute Gasteiger partial charge is 0.475 e. The molecular weight excluding hydrogens is 506 g/mol. The van der Waals surface area contributed by atoms with E-state index >= 15 is 0 Å². The molecule has 0 radical (unpaired) electrons. The standard InChI is InChI=1S/C28H30ClN5O4/c1-18-23(14-20(29)15-30-18)27(36)32-21-8-6-19(7-9-21)17-33-24-4-2-3-5-25(24)34(28(33)37)22-10-11-26(31-16-22)38-13-12-35/h2-5,10-11,14-16,19,21,35H,6-9,12-13,17H2,1H3,(H,32,36)/t19-,21-. The maximum absolute atomic E-state index is 13.6. The van der Waals surface area contributed by atoms with Gasteiger partial charge in [-0.25, -0.2) is 9.78 Å². The number of nitrogens with zero attached hydrogens (tertiary/aromatic N) is 4. The Kier molecular flexibility index (Phi) is 7.76. The first-order valence-electron chi connectivity index (χ1n) is 12.8. The Labute approximate surface area is 225 Å². The number of aliphatic hydroxyl groups excluding tert-OH is 1. The summed E-state index contributed by atoms with van der Waals surface area (Å²) in [4.78, 5) is 34.8. The molecule has 5 rings (SSSR count). The van der Waals surface area contributed by atoms with E-state index in [1.807, 2.05) is 28.8 Å².